The van der Waals surface area contributed by atoms with Crippen LogP contribution in [0.15, 0.2) is 54.6 Å². The Balaban J connectivity index is 1.80. The van der Waals surface area contributed by atoms with Crippen LogP contribution in [0.5, 0.6) is 0 Å². The summed E-state index contributed by atoms with van der Waals surface area (Å²) in [7, 11) is 0. The summed E-state index contributed by atoms with van der Waals surface area (Å²) in [6.07, 6.45) is 0. The van der Waals surface area contributed by atoms with Gasteiger partial charge in [0.25, 0.3) is 5.91 Å². The van der Waals surface area contributed by atoms with Gasteiger partial charge in [-0.2, -0.15) is 0 Å². The number of nitrogens with zero attached hydrogens (tertiary/aromatic N) is 1. The van der Waals surface area contributed by atoms with Gasteiger partial charge in [0.1, 0.15) is 0 Å². The topological polar surface area (TPSA) is 20.1 Å². The van der Waals surface area contributed by atoms with Crippen LogP contribution in [0.2, 0.25) is 5.02 Å². The number of hydrogen-bond donors (Lipinski definition) is 0. The van der Waals surface area contributed by atoms with Crippen molar-refractivity contribution in [3.8, 4) is 0 Å². The van der Waals surface area contributed by atoms with E-state index in [2.05, 4.69) is 0 Å². The van der Waals surface area contributed by atoms with E-state index in [9.17, 15) is 4.79 Å². The fourth-order valence-electron chi connectivity index (χ4n) is 2.11. The van der Waals surface area contributed by atoms with Gasteiger partial charge < -0.3 is 4.90 Å². The summed E-state index contributed by atoms with van der Waals surface area (Å²) in [4.78, 5) is 14.1. The third-order valence-corrected chi connectivity index (χ3v) is 3.49. The lowest BCUT2D eigenvalue weighted by Crippen LogP contribution is -2.12. The van der Waals surface area contributed by atoms with Crippen LogP contribution in [0.1, 0.15) is 22.0 Å². The average molecular weight is 258 g/mol. The Morgan fingerprint density at radius 2 is 1.72 bits per heavy atom. The molecule has 1 aliphatic heterocycles. The van der Waals surface area contributed by atoms with Crippen molar-refractivity contribution < 1.29 is 4.79 Å². The fraction of sp³-hybridized carbons (Fsp3) is 0.133. The molecule has 0 spiro atoms. The normalized spacial score (nSPS) is 17.6. The number of carbonyl (C=O) groups excluding carboxylic acids is 1. The largest absolute Gasteiger partial charge is 0.327 e. The molecule has 0 bridgehead atoms. The second kappa shape index (κ2) is 4.46. The van der Waals surface area contributed by atoms with E-state index in [0.29, 0.717) is 10.6 Å². The van der Waals surface area contributed by atoms with Crippen LogP contribution in [0.4, 0.5) is 0 Å². The molecule has 90 valence electrons. The van der Waals surface area contributed by atoms with Gasteiger partial charge >= 0.3 is 0 Å². The molecule has 3 heteroatoms. The fourth-order valence-corrected chi connectivity index (χ4v) is 2.33. The Morgan fingerprint density at radius 3 is 2.44 bits per heavy atom. The average Bonchev–Trinajstić information content (AvgIpc) is 3.20. The van der Waals surface area contributed by atoms with Gasteiger partial charge in [0.05, 0.1) is 16.6 Å². The van der Waals surface area contributed by atoms with Crippen LogP contribution in [-0.4, -0.2) is 17.4 Å². The van der Waals surface area contributed by atoms with Crippen molar-refractivity contribution in [2.75, 3.05) is 6.54 Å². The zero-order valence-electron chi connectivity index (χ0n) is 9.71. The Labute approximate surface area is 111 Å². The molecular formula is C15H12ClNO. The smallest absolute Gasteiger partial charge is 0.256 e. The molecule has 2 aromatic rings. The van der Waals surface area contributed by atoms with Crippen LogP contribution < -0.4 is 0 Å². The zero-order valence-corrected chi connectivity index (χ0v) is 10.5. The minimum absolute atomic E-state index is 0.00875. The quantitative estimate of drug-likeness (QED) is 0.754. The molecule has 1 heterocycles. The van der Waals surface area contributed by atoms with Crippen molar-refractivity contribution in [2.45, 2.75) is 6.04 Å². The minimum Gasteiger partial charge on any atom is -0.327 e. The number of carbonyl (C=O) groups is 1. The Hall–Kier alpha value is -1.80. The van der Waals surface area contributed by atoms with Crippen molar-refractivity contribution >= 4 is 17.5 Å². The van der Waals surface area contributed by atoms with Gasteiger partial charge in [0.2, 0.25) is 0 Å². The highest BCUT2D eigenvalue weighted by Gasteiger charge is 2.40. The maximum atomic E-state index is 12.3. The highest BCUT2D eigenvalue weighted by Crippen LogP contribution is 2.36. The molecule has 1 unspecified atom stereocenters. The lowest BCUT2D eigenvalue weighted by atomic mass is 10.1. The van der Waals surface area contributed by atoms with Crippen LogP contribution in [0, 0.1) is 0 Å². The van der Waals surface area contributed by atoms with E-state index >= 15 is 0 Å². The number of hydrogen-bond acceptors (Lipinski definition) is 1. The standard InChI is InChI=1S/C15H12ClNO/c16-13-9-5-4-8-12(13)15(18)17-10-14(17)11-6-2-1-3-7-11/h1-9,14H,10H2. The molecular weight excluding hydrogens is 246 g/mol. The first kappa shape index (κ1) is 11.3. The third-order valence-electron chi connectivity index (χ3n) is 3.16. The van der Waals surface area contributed by atoms with E-state index < -0.39 is 0 Å². The van der Waals surface area contributed by atoms with Crippen LogP contribution in [0.3, 0.4) is 0 Å². The lowest BCUT2D eigenvalue weighted by Gasteiger charge is -2.06. The molecule has 0 aromatic heterocycles. The molecule has 18 heavy (non-hydrogen) atoms. The molecule has 0 radical (unpaired) electrons. The first-order valence-corrected chi connectivity index (χ1v) is 6.25. The van der Waals surface area contributed by atoms with Gasteiger partial charge in [0.15, 0.2) is 0 Å². The summed E-state index contributed by atoms with van der Waals surface area (Å²) in [5.74, 6) is 0.00875. The van der Waals surface area contributed by atoms with E-state index in [0.717, 1.165) is 6.54 Å². The van der Waals surface area contributed by atoms with Crippen molar-refractivity contribution in [2.24, 2.45) is 0 Å². The maximum Gasteiger partial charge on any atom is 0.256 e. The van der Waals surface area contributed by atoms with Crippen molar-refractivity contribution in [3.63, 3.8) is 0 Å². The maximum absolute atomic E-state index is 12.3. The molecule has 2 nitrogen and oxygen atoms in total. The zero-order chi connectivity index (χ0) is 12.5. The summed E-state index contributed by atoms with van der Waals surface area (Å²) in [5, 5.41) is 0.515. The van der Waals surface area contributed by atoms with Crippen LogP contribution >= 0.6 is 11.6 Å². The van der Waals surface area contributed by atoms with Gasteiger partial charge in [-0.3, -0.25) is 4.79 Å². The predicted molar refractivity (Wildman–Crippen MR) is 71.7 cm³/mol. The van der Waals surface area contributed by atoms with Gasteiger partial charge in [-0.1, -0.05) is 54.1 Å². The molecule has 2 aromatic carbocycles. The molecule has 1 fully saturated rings. The molecule has 1 saturated heterocycles. The highest BCUT2D eigenvalue weighted by atomic mass is 35.5. The van der Waals surface area contributed by atoms with Gasteiger partial charge in [0, 0.05) is 6.54 Å². The molecule has 1 atom stereocenters. The van der Waals surface area contributed by atoms with Crippen LogP contribution in [0.25, 0.3) is 0 Å². The predicted octanol–water partition coefficient (Wildman–Crippen LogP) is 3.54. The van der Waals surface area contributed by atoms with E-state index in [1.807, 2.05) is 47.4 Å². The Kier molecular flexibility index (Phi) is 2.80. The molecule has 0 saturated carbocycles. The molecule has 0 aliphatic carbocycles. The SMILES string of the molecule is O=C(c1ccccc1Cl)N1CC1c1ccccc1. The summed E-state index contributed by atoms with van der Waals surface area (Å²) in [6, 6.07) is 17.4. The second-order valence-electron chi connectivity index (χ2n) is 4.36. The highest BCUT2D eigenvalue weighted by molar-refractivity contribution is 6.33. The van der Waals surface area contributed by atoms with Crippen molar-refractivity contribution in [3.05, 3.63) is 70.7 Å². The lowest BCUT2D eigenvalue weighted by molar-refractivity contribution is 0.0874. The van der Waals surface area contributed by atoms with E-state index in [1.165, 1.54) is 5.56 Å². The first-order chi connectivity index (χ1) is 8.77. The molecule has 3 rings (SSSR count). The summed E-state index contributed by atoms with van der Waals surface area (Å²) < 4.78 is 0. The number of rotatable bonds is 2. The van der Waals surface area contributed by atoms with E-state index in [4.69, 9.17) is 11.6 Å². The van der Waals surface area contributed by atoms with E-state index in [-0.39, 0.29) is 11.9 Å². The summed E-state index contributed by atoms with van der Waals surface area (Å²) in [6.45, 7) is 0.772. The van der Waals surface area contributed by atoms with Crippen LogP contribution in [-0.2, 0) is 0 Å². The summed E-state index contributed by atoms with van der Waals surface area (Å²) in [5.41, 5.74) is 1.76. The Bertz CT molecular complexity index is 582. The Morgan fingerprint density at radius 1 is 1.06 bits per heavy atom. The van der Waals surface area contributed by atoms with Gasteiger partial charge in [-0.25, -0.2) is 0 Å². The third kappa shape index (κ3) is 2.00. The molecule has 1 amide bonds. The minimum atomic E-state index is 0.00875. The monoisotopic (exact) mass is 257 g/mol. The molecule has 0 N–H and O–H groups in total. The summed E-state index contributed by atoms with van der Waals surface area (Å²) >= 11 is 6.04. The van der Waals surface area contributed by atoms with E-state index in [1.54, 1.807) is 12.1 Å². The van der Waals surface area contributed by atoms with Crippen molar-refractivity contribution in [1.82, 2.24) is 4.90 Å². The number of amides is 1. The molecule has 1 aliphatic rings. The number of benzene rings is 2. The van der Waals surface area contributed by atoms with Gasteiger partial charge in [-0.05, 0) is 17.7 Å². The first-order valence-electron chi connectivity index (χ1n) is 5.88. The van der Waals surface area contributed by atoms with Crippen molar-refractivity contribution in [1.29, 1.82) is 0 Å². The number of halogens is 1. The second-order valence-corrected chi connectivity index (χ2v) is 4.77. The van der Waals surface area contributed by atoms with Gasteiger partial charge in [-0.15, -0.1) is 0 Å².